The molecule has 2 unspecified atom stereocenters. The van der Waals surface area contributed by atoms with Gasteiger partial charge in [-0.3, -0.25) is 0 Å². The fraction of sp³-hybridized carbons (Fsp3) is 1.00. The highest BCUT2D eigenvalue weighted by molar-refractivity contribution is 7.89. The van der Waals surface area contributed by atoms with E-state index in [-0.39, 0.29) is 17.8 Å². The number of hydrogen-bond acceptors (Lipinski definition) is 3. The predicted molar refractivity (Wildman–Crippen MR) is 53.5 cm³/mol. The molecule has 0 aromatic rings. The zero-order chi connectivity index (χ0) is 10.2. The zero-order valence-electron chi connectivity index (χ0n) is 8.48. The number of ether oxygens (including phenoxy) is 1. The minimum absolute atomic E-state index is 0.116. The van der Waals surface area contributed by atoms with E-state index in [0.717, 1.165) is 12.8 Å². The molecule has 2 rings (SSSR count). The molecule has 0 saturated carbocycles. The largest absolute Gasteiger partial charge is 0.378 e. The van der Waals surface area contributed by atoms with Crippen LogP contribution in [0.1, 0.15) is 26.2 Å². The minimum atomic E-state index is -3.02. The molecule has 14 heavy (non-hydrogen) atoms. The van der Waals surface area contributed by atoms with Gasteiger partial charge in [-0.1, -0.05) is 6.92 Å². The highest BCUT2D eigenvalue weighted by Gasteiger charge is 2.43. The van der Waals surface area contributed by atoms with E-state index in [9.17, 15) is 8.42 Å². The van der Waals surface area contributed by atoms with E-state index < -0.39 is 10.0 Å². The van der Waals surface area contributed by atoms with Gasteiger partial charge in [0.25, 0.3) is 0 Å². The van der Waals surface area contributed by atoms with Crippen molar-refractivity contribution in [1.29, 1.82) is 0 Å². The topological polar surface area (TPSA) is 46.6 Å². The number of rotatable bonds is 3. The van der Waals surface area contributed by atoms with Crippen LogP contribution >= 0.6 is 0 Å². The number of fused-ring (bicyclic) bond motifs is 2. The van der Waals surface area contributed by atoms with Crippen molar-refractivity contribution >= 4 is 10.0 Å². The van der Waals surface area contributed by atoms with Gasteiger partial charge >= 0.3 is 0 Å². The lowest BCUT2D eigenvalue weighted by Gasteiger charge is -2.33. The van der Waals surface area contributed by atoms with E-state index in [4.69, 9.17) is 4.74 Å². The van der Waals surface area contributed by atoms with Crippen molar-refractivity contribution in [1.82, 2.24) is 4.31 Å². The van der Waals surface area contributed by atoms with Crippen LogP contribution in [0.25, 0.3) is 0 Å². The van der Waals surface area contributed by atoms with Gasteiger partial charge in [-0.15, -0.1) is 0 Å². The van der Waals surface area contributed by atoms with Gasteiger partial charge in [0.2, 0.25) is 10.0 Å². The van der Waals surface area contributed by atoms with E-state index in [1.54, 1.807) is 4.31 Å². The molecule has 0 amide bonds. The van der Waals surface area contributed by atoms with Crippen LogP contribution in [-0.4, -0.2) is 43.8 Å². The Morgan fingerprint density at radius 3 is 2.36 bits per heavy atom. The average Bonchev–Trinajstić information content (AvgIpc) is 2.39. The van der Waals surface area contributed by atoms with Gasteiger partial charge in [-0.2, -0.15) is 4.31 Å². The van der Waals surface area contributed by atoms with Crippen molar-refractivity contribution in [2.75, 3.05) is 19.0 Å². The van der Waals surface area contributed by atoms with Crippen molar-refractivity contribution in [3.63, 3.8) is 0 Å². The highest BCUT2D eigenvalue weighted by Crippen LogP contribution is 2.31. The number of hydrogen-bond donors (Lipinski definition) is 0. The quantitative estimate of drug-likeness (QED) is 0.698. The fourth-order valence-corrected chi connectivity index (χ4v) is 4.38. The molecule has 82 valence electrons. The SMILES string of the molecule is CCCS(=O)(=O)N1C2CCC1COC2. The molecule has 2 fully saturated rings. The maximum atomic E-state index is 11.9. The molecule has 0 aromatic carbocycles. The third-order valence-electron chi connectivity index (χ3n) is 2.96. The maximum absolute atomic E-state index is 11.9. The fourth-order valence-electron chi connectivity index (χ4n) is 2.41. The number of nitrogens with zero attached hydrogens (tertiary/aromatic N) is 1. The first kappa shape index (κ1) is 10.4. The summed E-state index contributed by atoms with van der Waals surface area (Å²) >= 11 is 0. The molecule has 0 spiro atoms. The average molecular weight is 219 g/mol. The first-order valence-corrected chi connectivity index (χ1v) is 6.85. The molecular formula is C9H17NO3S. The summed E-state index contributed by atoms with van der Waals surface area (Å²) in [6.45, 7) is 3.07. The van der Waals surface area contributed by atoms with Gasteiger partial charge in [0.05, 0.1) is 19.0 Å². The van der Waals surface area contributed by atoms with Crippen LogP contribution in [0.2, 0.25) is 0 Å². The van der Waals surface area contributed by atoms with Crippen molar-refractivity contribution in [2.45, 2.75) is 38.3 Å². The van der Waals surface area contributed by atoms with Crippen LogP contribution in [0.5, 0.6) is 0 Å². The second-order valence-electron chi connectivity index (χ2n) is 4.07. The van der Waals surface area contributed by atoms with E-state index >= 15 is 0 Å². The van der Waals surface area contributed by atoms with Gasteiger partial charge < -0.3 is 4.74 Å². The van der Waals surface area contributed by atoms with Crippen LogP contribution in [0.4, 0.5) is 0 Å². The lowest BCUT2D eigenvalue weighted by Crippen LogP contribution is -2.49. The summed E-state index contributed by atoms with van der Waals surface area (Å²) in [5.74, 6) is 0.278. The molecular weight excluding hydrogens is 202 g/mol. The Labute approximate surface area is 85.3 Å². The van der Waals surface area contributed by atoms with E-state index in [1.807, 2.05) is 6.92 Å². The number of sulfonamides is 1. The van der Waals surface area contributed by atoms with Crippen LogP contribution in [-0.2, 0) is 14.8 Å². The third-order valence-corrected chi connectivity index (χ3v) is 5.12. The normalized spacial score (nSPS) is 33.5. The van der Waals surface area contributed by atoms with E-state index in [0.29, 0.717) is 19.6 Å². The molecule has 2 atom stereocenters. The molecule has 5 heteroatoms. The van der Waals surface area contributed by atoms with Crippen LogP contribution in [0.3, 0.4) is 0 Å². The molecule has 2 aliphatic heterocycles. The molecule has 2 aliphatic rings. The first-order chi connectivity index (χ1) is 6.65. The number of morpholine rings is 1. The molecule has 2 saturated heterocycles. The van der Waals surface area contributed by atoms with Crippen molar-refractivity contribution in [2.24, 2.45) is 0 Å². The lowest BCUT2D eigenvalue weighted by atomic mass is 10.2. The highest BCUT2D eigenvalue weighted by atomic mass is 32.2. The lowest BCUT2D eigenvalue weighted by molar-refractivity contribution is 0.0269. The summed E-state index contributed by atoms with van der Waals surface area (Å²) in [5, 5.41) is 0. The van der Waals surface area contributed by atoms with Gasteiger partial charge in [-0.05, 0) is 19.3 Å². The summed E-state index contributed by atoms with van der Waals surface area (Å²) < 4.78 is 30.9. The summed E-state index contributed by atoms with van der Waals surface area (Å²) in [7, 11) is -3.02. The summed E-state index contributed by atoms with van der Waals surface area (Å²) in [6, 6.07) is 0.232. The zero-order valence-corrected chi connectivity index (χ0v) is 9.29. The van der Waals surface area contributed by atoms with Crippen LogP contribution in [0, 0.1) is 0 Å². The first-order valence-electron chi connectivity index (χ1n) is 5.24. The van der Waals surface area contributed by atoms with Crippen LogP contribution in [0.15, 0.2) is 0 Å². The van der Waals surface area contributed by atoms with Gasteiger partial charge in [0.1, 0.15) is 0 Å². The molecule has 0 aromatic heterocycles. The maximum Gasteiger partial charge on any atom is 0.214 e. The molecule has 0 aliphatic carbocycles. The molecule has 2 heterocycles. The van der Waals surface area contributed by atoms with Gasteiger partial charge in [-0.25, -0.2) is 8.42 Å². The Kier molecular flexibility index (Phi) is 2.81. The Morgan fingerprint density at radius 1 is 1.29 bits per heavy atom. The second-order valence-corrected chi connectivity index (χ2v) is 6.06. The Bertz CT molecular complexity index is 285. The Hall–Kier alpha value is -0.130. The Morgan fingerprint density at radius 2 is 1.86 bits per heavy atom. The summed E-state index contributed by atoms with van der Waals surface area (Å²) in [5.41, 5.74) is 0. The van der Waals surface area contributed by atoms with Crippen molar-refractivity contribution < 1.29 is 13.2 Å². The Balaban J connectivity index is 2.18. The van der Waals surface area contributed by atoms with Gasteiger partial charge in [0, 0.05) is 12.1 Å². The molecule has 4 nitrogen and oxygen atoms in total. The predicted octanol–water partition coefficient (Wildman–Crippen LogP) is 0.589. The smallest absolute Gasteiger partial charge is 0.214 e. The third kappa shape index (κ3) is 1.68. The molecule has 0 N–H and O–H groups in total. The van der Waals surface area contributed by atoms with Crippen molar-refractivity contribution in [3.8, 4) is 0 Å². The monoisotopic (exact) mass is 219 g/mol. The van der Waals surface area contributed by atoms with Crippen molar-refractivity contribution in [3.05, 3.63) is 0 Å². The molecule has 2 bridgehead atoms. The second kappa shape index (κ2) is 3.79. The standard InChI is InChI=1S/C9H17NO3S/c1-2-5-14(11,12)10-8-3-4-9(10)7-13-6-8/h8-9H,2-7H2,1H3. The minimum Gasteiger partial charge on any atom is -0.378 e. The summed E-state index contributed by atoms with van der Waals surface area (Å²) in [6.07, 6.45) is 2.63. The molecule has 0 radical (unpaired) electrons. The summed E-state index contributed by atoms with van der Waals surface area (Å²) in [4.78, 5) is 0. The van der Waals surface area contributed by atoms with Gasteiger partial charge in [0.15, 0.2) is 0 Å². The van der Waals surface area contributed by atoms with E-state index in [2.05, 4.69) is 0 Å². The van der Waals surface area contributed by atoms with E-state index in [1.165, 1.54) is 0 Å². The van der Waals surface area contributed by atoms with Crippen LogP contribution < -0.4 is 0 Å².